The summed E-state index contributed by atoms with van der Waals surface area (Å²) in [5.41, 5.74) is 3.13. The summed E-state index contributed by atoms with van der Waals surface area (Å²) < 4.78 is 7.57. The number of hydrogen-bond acceptors (Lipinski definition) is 2. The first-order valence-corrected chi connectivity index (χ1v) is 8.58. The molecule has 0 aliphatic heterocycles. The lowest BCUT2D eigenvalue weighted by molar-refractivity contribution is 0.360. The summed E-state index contributed by atoms with van der Waals surface area (Å²) in [6.07, 6.45) is 4.57. The van der Waals surface area contributed by atoms with Gasteiger partial charge in [-0.15, -0.1) is 0 Å². The molecule has 0 aromatic heterocycles. The highest BCUT2D eigenvalue weighted by atomic mass is 79.9. The van der Waals surface area contributed by atoms with Gasteiger partial charge in [0.2, 0.25) is 0 Å². The highest BCUT2D eigenvalue weighted by molar-refractivity contribution is 9.11. The van der Waals surface area contributed by atoms with Gasteiger partial charge in [-0.2, -0.15) is 0 Å². The van der Waals surface area contributed by atoms with Crippen molar-refractivity contribution in [2.75, 3.05) is 6.61 Å². The van der Waals surface area contributed by atoms with Crippen molar-refractivity contribution in [3.8, 4) is 5.75 Å². The minimum Gasteiger partial charge on any atom is -0.488 e. The van der Waals surface area contributed by atoms with Crippen molar-refractivity contribution in [3.63, 3.8) is 0 Å². The fourth-order valence-corrected chi connectivity index (χ4v) is 3.31. The maximum atomic E-state index is 5.72. The molecule has 0 unspecified atom stereocenters. The van der Waals surface area contributed by atoms with Gasteiger partial charge in [0, 0.05) is 16.3 Å². The molecule has 0 heterocycles. The van der Waals surface area contributed by atoms with E-state index in [0.29, 0.717) is 6.61 Å². The average Bonchev–Trinajstić information content (AvgIpc) is 2.52. The summed E-state index contributed by atoms with van der Waals surface area (Å²) in [5.74, 6) is 0.761. The maximum Gasteiger partial charge on any atom is 0.142 e. The molecule has 4 heteroatoms. The molecule has 0 radical (unpaired) electrons. The molecule has 0 amide bonds. The largest absolute Gasteiger partial charge is 0.488 e. The number of nitrogens with zero attached hydrogens (tertiary/aromatic N) is 1. The number of benzene rings is 2. The molecular formula is C18H17Br2NO. The van der Waals surface area contributed by atoms with Crippen molar-refractivity contribution in [2.45, 2.75) is 13.3 Å². The molecule has 0 aliphatic carbocycles. The van der Waals surface area contributed by atoms with Gasteiger partial charge in [-0.25, -0.2) is 0 Å². The minimum absolute atomic E-state index is 0.451. The van der Waals surface area contributed by atoms with Crippen LogP contribution in [0.2, 0.25) is 0 Å². The van der Waals surface area contributed by atoms with E-state index < -0.39 is 0 Å². The summed E-state index contributed by atoms with van der Waals surface area (Å²) in [5, 5.41) is 0. The summed E-state index contributed by atoms with van der Waals surface area (Å²) in [6, 6.07) is 12.2. The normalized spacial score (nSPS) is 10.9. The van der Waals surface area contributed by atoms with Crippen LogP contribution in [-0.2, 0) is 6.42 Å². The fraction of sp³-hybridized carbons (Fsp3) is 0.167. The maximum absolute atomic E-state index is 5.72. The first kappa shape index (κ1) is 17.0. The average molecular weight is 423 g/mol. The van der Waals surface area contributed by atoms with Crippen LogP contribution in [0.25, 0.3) is 0 Å². The standard InChI is InChI=1S/C18H17Br2NO/c1-3-9-22-18-14(10-15(19)11-17(18)20)12-21-16-7-5-13(4-2)6-8-16/h3,5-8,10-12H,1,4,9H2,2H3. The Hall–Kier alpha value is -1.39. The Bertz CT molecular complexity index is 678. The van der Waals surface area contributed by atoms with E-state index in [0.717, 1.165) is 32.4 Å². The highest BCUT2D eigenvalue weighted by Gasteiger charge is 2.08. The van der Waals surface area contributed by atoms with E-state index in [1.54, 1.807) is 6.08 Å². The van der Waals surface area contributed by atoms with Crippen LogP contribution < -0.4 is 4.74 Å². The first-order valence-electron chi connectivity index (χ1n) is 6.99. The topological polar surface area (TPSA) is 21.6 Å². The van der Waals surface area contributed by atoms with Crippen LogP contribution in [-0.4, -0.2) is 12.8 Å². The van der Waals surface area contributed by atoms with Crippen molar-refractivity contribution >= 4 is 43.8 Å². The summed E-state index contributed by atoms with van der Waals surface area (Å²) in [6.45, 7) is 6.27. The predicted molar refractivity (Wildman–Crippen MR) is 101 cm³/mol. The molecule has 2 nitrogen and oxygen atoms in total. The second kappa shape index (κ2) is 8.30. The fourth-order valence-electron chi connectivity index (χ4n) is 1.93. The lowest BCUT2D eigenvalue weighted by Crippen LogP contribution is -1.98. The molecule has 114 valence electrons. The van der Waals surface area contributed by atoms with Gasteiger partial charge < -0.3 is 4.74 Å². The van der Waals surface area contributed by atoms with Crippen LogP contribution in [0.5, 0.6) is 5.75 Å². The van der Waals surface area contributed by atoms with Crippen molar-refractivity contribution in [3.05, 3.63) is 69.1 Å². The van der Waals surface area contributed by atoms with E-state index in [-0.39, 0.29) is 0 Å². The Balaban J connectivity index is 2.29. The van der Waals surface area contributed by atoms with E-state index in [4.69, 9.17) is 4.74 Å². The number of aliphatic imine (C=N–C) groups is 1. The molecule has 0 fully saturated rings. The zero-order valence-electron chi connectivity index (χ0n) is 12.4. The molecule has 0 bridgehead atoms. The predicted octanol–water partition coefficient (Wildman–Crippen LogP) is 6.09. The van der Waals surface area contributed by atoms with Crippen LogP contribution in [0.3, 0.4) is 0 Å². The lowest BCUT2D eigenvalue weighted by atomic mass is 10.1. The number of ether oxygens (including phenoxy) is 1. The molecule has 0 atom stereocenters. The lowest BCUT2D eigenvalue weighted by Gasteiger charge is -2.10. The van der Waals surface area contributed by atoms with Crippen LogP contribution in [0.1, 0.15) is 18.1 Å². The van der Waals surface area contributed by atoms with E-state index >= 15 is 0 Å². The number of hydrogen-bond donors (Lipinski definition) is 0. The zero-order chi connectivity index (χ0) is 15.9. The van der Waals surface area contributed by atoms with Crippen molar-refractivity contribution in [1.82, 2.24) is 0 Å². The highest BCUT2D eigenvalue weighted by Crippen LogP contribution is 2.32. The quantitative estimate of drug-likeness (QED) is 0.407. The third kappa shape index (κ3) is 4.55. The van der Waals surface area contributed by atoms with E-state index in [9.17, 15) is 0 Å². The summed E-state index contributed by atoms with van der Waals surface area (Å²) >= 11 is 7.02. The molecule has 0 spiro atoms. The van der Waals surface area contributed by atoms with E-state index in [1.807, 2.05) is 30.5 Å². The van der Waals surface area contributed by atoms with E-state index in [1.165, 1.54) is 5.56 Å². The van der Waals surface area contributed by atoms with Gasteiger partial charge in [0.05, 0.1) is 10.2 Å². The minimum atomic E-state index is 0.451. The first-order chi connectivity index (χ1) is 10.6. The molecule has 0 saturated heterocycles. The second-order valence-electron chi connectivity index (χ2n) is 4.68. The van der Waals surface area contributed by atoms with Crippen molar-refractivity contribution in [1.29, 1.82) is 0 Å². The monoisotopic (exact) mass is 421 g/mol. The Morgan fingerprint density at radius 2 is 1.91 bits per heavy atom. The summed E-state index contributed by atoms with van der Waals surface area (Å²) in [4.78, 5) is 4.53. The smallest absolute Gasteiger partial charge is 0.142 e. The van der Waals surface area contributed by atoms with Gasteiger partial charge >= 0.3 is 0 Å². The zero-order valence-corrected chi connectivity index (χ0v) is 15.5. The van der Waals surface area contributed by atoms with Crippen molar-refractivity contribution in [2.24, 2.45) is 4.99 Å². The Kier molecular flexibility index (Phi) is 6.40. The molecule has 2 aromatic rings. The number of rotatable bonds is 6. The molecule has 2 rings (SSSR count). The molecule has 0 aliphatic rings. The second-order valence-corrected chi connectivity index (χ2v) is 6.45. The van der Waals surface area contributed by atoms with Crippen LogP contribution in [0.4, 0.5) is 5.69 Å². The third-order valence-electron chi connectivity index (χ3n) is 3.08. The van der Waals surface area contributed by atoms with Gasteiger partial charge in [-0.3, -0.25) is 4.99 Å². The van der Waals surface area contributed by atoms with Crippen LogP contribution in [0.15, 0.2) is 63.0 Å². The molecule has 22 heavy (non-hydrogen) atoms. The Morgan fingerprint density at radius 3 is 2.55 bits per heavy atom. The van der Waals surface area contributed by atoms with Crippen molar-refractivity contribution < 1.29 is 4.74 Å². The van der Waals surface area contributed by atoms with Gasteiger partial charge in [0.25, 0.3) is 0 Å². The van der Waals surface area contributed by atoms with Gasteiger partial charge in [-0.05, 0) is 52.2 Å². The van der Waals surface area contributed by atoms with E-state index in [2.05, 4.69) is 62.5 Å². The number of aryl methyl sites for hydroxylation is 1. The van der Waals surface area contributed by atoms with Crippen LogP contribution >= 0.6 is 31.9 Å². The van der Waals surface area contributed by atoms with Gasteiger partial charge in [0.15, 0.2) is 0 Å². The Labute approximate surface area is 148 Å². The van der Waals surface area contributed by atoms with Gasteiger partial charge in [0.1, 0.15) is 12.4 Å². The van der Waals surface area contributed by atoms with Crippen LogP contribution in [0, 0.1) is 0 Å². The third-order valence-corrected chi connectivity index (χ3v) is 4.13. The Morgan fingerprint density at radius 1 is 1.18 bits per heavy atom. The van der Waals surface area contributed by atoms with Gasteiger partial charge in [-0.1, -0.05) is 47.6 Å². The summed E-state index contributed by atoms with van der Waals surface area (Å²) in [7, 11) is 0. The molecular weight excluding hydrogens is 406 g/mol. The molecule has 0 saturated carbocycles. The number of halogens is 2. The molecule has 0 N–H and O–H groups in total. The molecule has 2 aromatic carbocycles. The SMILES string of the molecule is C=CCOc1c(Br)cc(Br)cc1C=Nc1ccc(CC)cc1.